The Balaban J connectivity index is -0.00000190. The van der Waals surface area contributed by atoms with Crippen molar-refractivity contribution in [3.05, 3.63) is 43.6 Å². The van der Waals surface area contributed by atoms with Gasteiger partial charge in [-0.3, -0.25) is 37.7 Å². The molecule has 4 amide bonds. The van der Waals surface area contributed by atoms with Gasteiger partial charge in [0.15, 0.2) is 6.29 Å². The number of aliphatic hydroxyl groups excluding tert-OH is 5. The summed E-state index contributed by atoms with van der Waals surface area (Å²) in [6, 6.07) is -2.48. The van der Waals surface area contributed by atoms with Gasteiger partial charge in [0.2, 0.25) is 54.8 Å². The minimum atomic E-state index is -4.92. The summed E-state index contributed by atoms with van der Waals surface area (Å²) in [4.78, 5) is 67.6. The number of hydrogen-bond donors (Lipinski definition) is 9. The van der Waals surface area contributed by atoms with E-state index >= 15 is 0 Å². The molecule has 41 nitrogen and oxygen atoms in total. The molecule has 1 aromatic heterocycles. The summed E-state index contributed by atoms with van der Waals surface area (Å²) in [5.74, 6) is -4.20. The van der Waals surface area contributed by atoms with E-state index in [4.69, 9.17) is 111 Å². The van der Waals surface area contributed by atoms with Crippen molar-refractivity contribution in [2.24, 2.45) is 11.8 Å². The van der Waals surface area contributed by atoms with Crippen LogP contribution >= 0.6 is 0 Å². The zero-order valence-electron chi connectivity index (χ0n) is 55.4. The van der Waals surface area contributed by atoms with Gasteiger partial charge < -0.3 is 138 Å². The minimum Gasteiger partial charge on any atom is -0.726 e. The van der Waals surface area contributed by atoms with Crippen molar-refractivity contribution >= 4 is 60.8 Å². The monoisotopic (exact) mass is 1530 g/mol. The first kappa shape index (κ1) is 106. The molecular weight excluding hydrogens is 1450 g/mol. The number of carboxylic acids is 1. The number of carbonyl (C=O) groups excluding carboxylic acids is 5. The van der Waals surface area contributed by atoms with Gasteiger partial charge in [-0.05, 0) is 25.4 Å². The first-order chi connectivity index (χ1) is 42.8. The van der Waals surface area contributed by atoms with Crippen LogP contribution in [-0.2, 0) is 116 Å². The number of aromatic nitrogens is 3. The van der Waals surface area contributed by atoms with Crippen molar-refractivity contribution in [2.75, 3.05) is 72.5 Å². The van der Waals surface area contributed by atoms with Crippen molar-refractivity contribution in [1.29, 1.82) is 0 Å². The molecule has 5 fully saturated rings. The van der Waals surface area contributed by atoms with Crippen LogP contribution in [0.25, 0.3) is 11.5 Å². The smallest absolute Gasteiger partial charge is 0.726 e. The van der Waals surface area contributed by atoms with Crippen LogP contribution in [0.4, 0.5) is 0 Å². The molecule has 0 spiro atoms. The number of likely N-dealkylation sites (tertiary alicyclic amines) is 1. The Labute approximate surface area is 699 Å². The average molecular weight is 1530 g/mol. The van der Waals surface area contributed by atoms with Gasteiger partial charge in [0.05, 0.1) is 114 Å². The molecule has 6 heterocycles. The van der Waals surface area contributed by atoms with Crippen molar-refractivity contribution in [3.8, 4) is 0 Å². The summed E-state index contributed by atoms with van der Waals surface area (Å²) in [6.45, 7) is 12.0. The maximum atomic E-state index is 13.6. The zero-order valence-corrected chi connectivity index (χ0v) is 69.9. The first-order valence-electron chi connectivity index (χ1n) is 28.0. The number of carbonyl (C=O) groups is 5. The summed E-state index contributed by atoms with van der Waals surface area (Å²) in [6.07, 6.45) is -14.2. The molecule has 11 N–H and O–H groups in total. The molecule has 0 radical (unpaired) electrons. The van der Waals surface area contributed by atoms with E-state index < -0.39 is 135 Å². The van der Waals surface area contributed by atoms with Gasteiger partial charge in [-0.25, -0.2) is 36.0 Å². The van der Waals surface area contributed by atoms with Crippen LogP contribution < -0.4 is 188 Å². The Hall–Kier alpha value is 1.62. The number of aliphatic carboxylic acids is 1. The molecule has 1 aromatic rings. The summed E-state index contributed by atoms with van der Waals surface area (Å²) >= 11 is 0. The number of nitrogens with one attached hydrogen (secondary N) is 3. The number of ether oxygens (including phenoxy) is 10. The summed E-state index contributed by atoms with van der Waals surface area (Å²) in [5, 5.41) is 74.3. The maximum absolute atomic E-state index is 13.6. The Morgan fingerprint density at radius 3 is 1.74 bits per heavy atom. The number of carboxylic acid groups (broad SMARTS) is 1. The molecule has 0 aliphatic carbocycles. The van der Waals surface area contributed by atoms with Gasteiger partial charge in [0.1, 0.15) is 42.7 Å². The van der Waals surface area contributed by atoms with Gasteiger partial charge in [0.25, 0.3) is 0 Å². The van der Waals surface area contributed by atoms with Crippen LogP contribution in [0.3, 0.4) is 0 Å². The average Bonchev–Trinajstić information content (AvgIpc) is 1.57. The molecule has 98 heavy (non-hydrogen) atoms. The zero-order chi connectivity index (χ0) is 69.4. The molecule has 5 saturated heterocycles. The van der Waals surface area contributed by atoms with Gasteiger partial charge in [-0.2, -0.15) is 0 Å². The van der Waals surface area contributed by atoms with E-state index in [1.165, 1.54) is 20.9 Å². The molecule has 0 bridgehead atoms. The van der Waals surface area contributed by atoms with Crippen LogP contribution in [0.1, 0.15) is 51.6 Å². The summed E-state index contributed by atoms with van der Waals surface area (Å²) in [5.41, 5.74) is 16.4. The van der Waals surface area contributed by atoms with E-state index in [1.807, 2.05) is 13.8 Å². The van der Waals surface area contributed by atoms with Crippen LogP contribution in [-0.4, -0.2) is 303 Å². The van der Waals surface area contributed by atoms with E-state index in [2.05, 4.69) is 29.5 Å². The van der Waals surface area contributed by atoms with E-state index in [0.29, 0.717) is 31.6 Å². The van der Waals surface area contributed by atoms with E-state index in [1.54, 1.807) is 6.20 Å². The van der Waals surface area contributed by atoms with Crippen LogP contribution in [0, 0.1) is 32.1 Å². The second kappa shape index (κ2) is 52.6. The maximum Gasteiger partial charge on any atom is 1.00 e. The molecule has 5 aliphatic heterocycles. The fourth-order valence-electron chi connectivity index (χ4n) is 9.41. The minimum absolute atomic E-state index is 0. The van der Waals surface area contributed by atoms with Crippen molar-refractivity contribution < 1.29 is 332 Å². The molecule has 6 rings (SSSR count). The molecular formula is C48H77N8Na6O33S3-3. The van der Waals surface area contributed by atoms with E-state index in [9.17, 15) is 54.6 Å². The second-order valence-corrected chi connectivity index (χ2v) is 23.0. The van der Waals surface area contributed by atoms with Crippen LogP contribution in [0.2, 0.25) is 0 Å². The molecule has 0 saturated carbocycles. The van der Waals surface area contributed by atoms with Gasteiger partial charge in [-0.1, -0.05) is 37.3 Å². The quantitative estimate of drug-likeness (QED) is 0.00832. The topological polar surface area (TPSA) is 631 Å². The summed E-state index contributed by atoms with van der Waals surface area (Å²) < 4.78 is 155. The summed E-state index contributed by atoms with van der Waals surface area (Å²) in [7, 11) is -14.7. The molecule has 18 atom stereocenters. The van der Waals surface area contributed by atoms with Crippen LogP contribution in [0.15, 0.2) is 6.20 Å². The normalized spacial score (nSPS) is 28.8. The van der Waals surface area contributed by atoms with E-state index in [0.717, 1.165) is 0 Å². The Kier molecular flexibility index (Phi) is 56.9. The first-order valence-corrected chi connectivity index (χ1v) is 32.1. The van der Waals surface area contributed by atoms with Gasteiger partial charge >= 0.3 is 177 Å². The predicted molar refractivity (Wildman–Crippen MR) is 294 cm³/mol. The largest absolute Gasteiger partial charge is 1.00 e. The van der Waals surface area contributed by atoms with Gasteiger partial charge in [0, 0.05) is 32.5 Å². The Morgan fingerprint density at radius 2 is 1.19 bits per heavy atom. The SMILES string of the molecule is O=S(=O)([O-])O.O=S(=O)([O-])O.O=S(=O)([O-])O.[CH2-]C1O[C@H](O[C@@H]2C(C(=O)[O-])O[C@@H](OCCOCCn3cc(CN(CCOCCN4C(=O)[C@@H]5[C@H](C4=O)[C@H](CC)O[C@@H]5CC)C(=O)CCC(=O)NCCOCCCO[C@H]4OC([CH2-])[C@@H](O)[CH-]C4[NH-])nn3)C(O)[C@H]2O)C([NH-])[C@@H](O)[C@@H]1O.[Na+].[Na+].[Na+].[Na+].[Na+].[Na+]. The number of aliphatic hydroxyl groups is 5. The Bertz CT molecular complexity index is 2710. The number of rotatable bonds is 31. The van der Waals surface area contributed by atoms with Crippen molar-refractivity contribution in [3.63, 3.8) is 0 Å². The fraction of sp³-hybridized carbons (Fsp3) is 0.792. The molecule has 0 aromatic carbocycles. The third-order valence-corrected chi connectivity index (χ3v) is 13.7. The number of fused-ring (bicyclic) bond motifs is 1. The molecule has 50 heteroatoms. The van der Waals surface area contributed by atoms with E-state index in [-0.39, 0.29) is 305 Å². The standard InChI is InChI=1S/C48H75N8O21.6Na.3H2O4S/c1-5-30-34-35(31(6-2)75-30)44(65)56(43(34)64)13-19-69-17-11-54(33(59)9-8-32(58)51-10-16-68-14-7-15-71-46-28(49)22-29(57)25(3)73-46)23-27-24-55(53-52-27)12-18-70-20-21-72-48-40(63)39(62)41(42(77-48)45(66)67)76-47-36(50)38(61)37(60)26(4)74-47;;;;;;;3*1-5(2,3)4/h22,24-26,28-31,34-42,46-50,57,60-63H,3-21,23H2,1-2H3,(H,51,58)(H,66,67);;;;;;;3*(H2,1,2,3,4)/q-5;6*+1;;;/p-4/t25?,26?,28?,29-,30-,31+,34+,35-,36?,37+,38+,39+,40?,41-,42?,46-,47+,48+;;;;;;;;;/m0........./s1. The van der Waals surface area contributed by atoms with Crippen molar-refractivity contribution in [1.82, 2.24) is 30.1 Å². The Morgan fingerprint density at radius 1 is 0.673 bits per heavy atom. The third kappa shape index (κ3) is 39.6. The molecule has 534 valence electrons. The predicted octanol–water partition coefficient (Wildman–Crippen LogP) is -25.0. The number of imide groups is 1. The molecule has 5 aliphatic rings. The fourth-order valence-corrected chi connectivity index (χ4v) is 9.41. The number of hydrogen-bond acceptors (Lipinski definition) is 32. The van der Waals surface area contributed by atoms with Crippen molar-refractivity contribution in [2.45, 2.75) is 157 Å². The van der Waals surface area contributed by atoms with Gasteiger partial charge in [-0.15, -0.1) is 5.10 Å². The number of nitrogens with zero attached hydrogens (tertiary/aromatic N) is 5. The third-order valence-electron chi connectivity index (χ3n) is 13.7. The van der Waals surface area contributed by atoms with Crippen LogP contribution in [0.5, 0.6) is 0 Å². The second-order valence-electron chi connectivity index (χ2n) is 20.4. The number of amides is 4. The molecule has 6 unspecified atom stereocenters.